The second-order valence-corrected chi connectivity index (χ2v) is 3.46. The highest BCUT2D eigenvalue weighted by Crippen LogP contribution is 2.19. The minimum absolute atomic E-state index is 0.284. The van der Waals surface area contributed by atoms with Gasteiger partial charge >= 0.3 is 0 Å². The summed E-state index contributed by atoms with van der Waals surface area (Å²) in [4.78, 5) is 11.2. The number of carbonyl (C=O) groups is 1. The van der Waals surface area contributed by atoms with E-state index in [-0.39, 0.29) is 18.0 Å². The normalized spacial score (nSPS) is 13.3. The van der Waals surface area contributed by atoms with Crippen molar-refractivity contribution in [3.63, 3.8) is 0 Å². The van der Waals surface area contributed by atoms with Gasteiger partial charge in [0.05, 0.1) is 0 Å². The van der Waals surface area contributed by atoms with E-state index in [9.17, 15) is 18.0 Å². The van der Waals surface area contributed by atoms with E-state index in [1.165, 1.54) is 0 Å². The van der Waals surface area contributed by atoms with Crippen molar-refractivity contribution in [3.05, 3.63) is 46.8 Å². The van der Waals surface area contributed by atoms with Gasteiger partial charge in [0.25, 0.3) is 0 Å². The molecule has 84 valence electrons. The molecule has 16 heavy (non-hydrogen) atoms. The minimum Gasteiger partial charge on any atom is -0.348 e. The smallest absolute Gasteiger partial charge is 0.247 e. The third kappa shape index (κ3) is 2.24. The van der Waals surface area contributed by atoms with E-state index >= 15 is 0 Å². The summed E-state index contributed by atoms with van der Waals surface area (Å²) in [6, 6.07) is 1.17. The van der Waals surface area contributed by atoms with Gasteiger partial charge in [-0.15, -0.1) is 0 Å². The number of rotatable bonds is 3. The molecule has 1 aliphatic carbocycles. The number of benzene rings is 1. The number of halogens is 3. The molecule has 0 fully saturated rings. The topological polar surface area (TPSA) is 29.1 Å². The van der Waals surface area contributed by atoms with Gasteiger partial charge in [-0.3, -0.25) is 4.79 Å². The molecule has 1 N–H and O–H groups in total. The molecule has 0 bridgehead atoms. The Balaban J connectivity index is 2.08. The zero-order valence-corrected chi connectivity index (χ0v) is 8.19. The summed E-state index contributed by atoms with van der Waals surface area (Å²) < 4.78 is 38.8. The van der Waals surface area contributed by atoms with E-state index in [1.54, 1.807) is 6.08 Å². The molecule has 0 heterocycles. The predicted octanol–water partition coefficient (Wildman–Crippen LogP) is 2.05. The first-order valence-electron chi connectivity index (χ1n) is 4.68. The van der Waals surface area contributed by atoms with Crippen molar-refractivity contribution in [3.8, 4) is 0 Å². The van der Waals surface area contributed by atoms with Crippen LogP contribution in [0.3, 0.4) is 0 Å². The van der Waals surface area contributed by atoms with Gasteiger partial charge in [-0.1, -0.05) is 6.08 Å². The summed E-state index contributed by atoms with van der Waals surface area (Å²) in [5.41, 5.74) is 0.263. The molecule has 5 heteroatoms. The van der Waals surface area contributed by atoms with E-state index in [4.69, 9.17) is 0 Å². The zero-order valence-electron chi connectivity index (χ0n) is 8.19. The molecule has 0 radical (unpaired) electrons. The Labute approximate surface area is 89.8 Å². The largest absolute Gasteiger partial charge is 0.348 e. The summed E-state index contributed by atoms with van der Waals surface area (Å²) in [5, 5.41) is 2.35. The van der Waals surface area contributed by atoms with Gasteiger partial charge in [-0.2, -0.15) is 0 Å². The van der Waals surface area contributed by atoms with Crippen LogP contribution in [-0.2, 0) is 11.3 Å². The number of carbonyl (C=O) groups excluding carboxylic acids is 1. The second kappa shape index (κ2) is 4.00. The molecular weight excluding hydrogens is 219 g/mol. The lowest BCUT2D eigenvalue weighted by atomic mass is 10.2. The van der Waals surface area contributed by atoms with E-state index in [0.29, 0.717) is 24.1 Å². The summed E-state index contributed by atoms with van der Waals surface area (Å²) >= 11 is 0. The highest BCUT2D eigenvalue weighted by Gasteiger charge is 2.18. The molecule has 0 aromatic heterocycles. The lowest BCUT2D eigenvalue weighted by molar-refractivity contribution is -0.117. The van der Waals surface area contributed by atoms with Crippen molar-refractivity contribution >= 4 is 5.91 Å². The average molecular weight is 227 g/mol. The molecule has 0 aliphatic heterocycles. The van der Waals surface area contributed by atoms with Crippen LogP contribution in [0.25, 0.3) is 0 Å². The van der Waals surface area contributed by atoms with Crippen molar-refractivity contribution in [1.82, 2.24) is 5.32 Å². The Morgan fingerprint density at radius 2 is 1.81 bits per heavy atom. The number of nitrogens with one attached hydrogen (secondary N) is 1. The van der Waals surface area contributed by atoms with Crippen LogP contribution in [0.2, 0.25) is 0 Å². The van der Waals surface area contributed by atoms with Crippen LogP contribution in [0.4, 0.5) is 13.2 Å². The van der Waals surface area contributed by atoms with Crippen molar-refractivity contribution in [2.45, 2.75) is 13.0 Å². The standard InChI is InChI=1S/C11H8F3NO/c12-7-3-9(13)8(10(14)4-7)5-15-11(16)6-1-2-6/h1,3-4H,2,5H2,(H,15,16). The van der Waals surface area contributed by atoms with Gasteiger partial charge in [-0.05, 0) is 6.42 Å². The molecule has 1 amide bonds. The van der Waals surface area contributed by atoms with Crippen molar-refractivity contribution in [2.24, 2.45) is 0 Å². The maximum atomic E-state index is 13.1. The van der Waals surface area contributed by atoms with Crippen LogP contribution >= 0.6 is 0 Å². The lowest BCUT2D eigenvalue weighted by Crippen LogP contribution is -2.23. The number of hydrogen-bond donors (Lipinski definition) is 1. The van der Waals surface area contributed by atoms with Crippen LogP contribution in [0.5, 0.6) is 0 Å². The van der Waals surface area contributed by atoms with Crippen LogP contribution in [-0.4, -0.2) is 5.91 Å². The first-order chi connectivity index (χ1) is 7.58. The number of hydrogen-bond acceptors (Lipinski definition) is 1. The Kier molecular flexibility index (Phi) is 2.68. The predicted molar refractivity (Wildman–Crippen MR) is 50.9 cm³/mol. The Morgan fingerprint density at radius 1 is 1.25 bits per heavy atom. The van der Waals surface area contributed by atoms with E-state index in [0.717, 1.165) is 0 Å². The van der Waals surface area contributed by atoms with Gasteiger partial charge in [0, 0.05) is 29.8 Å². The molecular formula is C11H8F3NO. The fraction of sp³-hybridized carbons (Fsp3) is 0.182. The van der Waals surface area contributed by atoms with Gasteiger partial charge < -0.3 is 5.32 Å². The lowest BCUT2D eigenvalue weighted by Gasteiger charge is -2.06. The van der Waals surface area contributed by atoms with Crippen LogP contribution in [0, 0.1) is 17.5 Å². The summed E-state index contributed by atoms with van der Waals surface area (Å²) in [6.07, 6.45) is 2.31. The highest BCUT2D eigenvalue weighted by molar-refractivity contribution is 5.97. The zero-order chi connectivity index (χ0) is 11.7. The van der Waals surface area contributed by atoms with Crippen molar-refractivity contribution < 1.29 is 18.0 Å². The monoisotopic (exact) mass is 227 g/mol. The number of amides is 1. The highest BCUT2D eigenvalue weighted by atomic mass is 19.1. The summed E-state index contributed by atoms with van der Waals surface area (Å²) in [7, 11) is 0. The van der Waals surface area contributed by atoms with E-state index in [2.05, 4.69) is 5.32 Å². The average Bonchev–Trinajstić information content (AvgIpc) is 2.98. The van der Waals surface area contributed by atoms with E-state index < -0.39 is 17.5 Å². The molecule has 0 spiro atoms. The maximum absolute atomic E-state index is 13.1. The van der Waals surface area contributed by atoms with Crippen LogP contribution < -0.4 is 5.32 Å². The molecule has 2 rings (SSSR count). The minimum atomic E-state index is -0.998. The first-order valence-corrected chi connectivity index (χ1v) is 4.68. The Morgan fingerprint density at radius 3 is 2.31 bits per heavy atom. The molecule has 0 saturated carbocycles. The van der Waals surface area contributed by atoms with Crippen molar-refractivity contribution in [1.29, 1.82) is 0 Å². The molecule has 1 aliphatic rings. The SMILES string of the molecule is O=C(NCc1c(F)cc(F)cc1F)C1=CC1. The quantitative estimate of drug-likeness (QED) is 0.841. The van der Waals surface area contributed by atoms with Crippen LogP contribution in [0.15, 0.2) is 23.8 Å². The summed E-state index contributed by atoms with van der Waals surface area (Å²) in [5.74, 6) is -3.32. The van der Waals surface area contributed by atoms with Gasteiger partial charge in [-0.25, -0.2) is 13.2 Å². The summed E-state index contributed by atoms with van der Waals surface area (Å²) in [6.45, 7) is -0.284. The van der Waals surface area contributed by atoms with Gasteiger partial charge in [0.2, 0.25) is 5.91 Å². The Bertz CT molecular complexity index is 459. The fourth-order valence-electron chi connectivity index (χ4n) is 1.26. The van der Waals surface area contributed by atoms with Crippen LogP contribution in [0.1, 0.15) is 12.0 Å². The second-order valence-electron chi connectivity index (χ2n) is 3.46. The third-order valence-corrected chi connectivity index (χ3v) is 2.23. The maximum Gasteiger partial charge on any atom is 0.247 e. The first kappa shape index (κ1) is 10.7. The molecule has 0 atom stereocenters. The van der Waals surface area contributed by atoms with Gasteiger partial charge in [0.1, 0.15) is 17.5 Å². The fourth-order valence-corrected chi connectivity index (χ4v) is 1.26. The number of allylic oxidation sites excluding steroid dienone is 1. The molecule has 1 aromatic rings. The molecule has 1 aromatic carbocycles. The molecule has 0 saturated heterocycles. The van der Waals surface area contributed by atoms with E-state index in [1.807, 2.05) is 0 Å². The Hall–Kier alpha value is -1.78. The van der Waals surface area contributed by atoms with Gasteiger partial charge in [0.15, 0.2) is 0 Å². The molecule has 0 unspecified atom stereocenters. The third-order valence-electron chi connectivity index (χ3n) is 2.23. The molecule has 2 nitrogen and oxygen atoms in total. The van der Waals surface area contributed by atoms with Crippen molar-refractivity contribution in [2.75, 3.05) is 0 Å².